The van der Waals surface area contributed by atoms with Crippen molar-refractivity contribution in [1.29, 1.82) is 0 Å². The second kappa shape index (κ2) is 6.42. The fourth-order valence-corrected chi connectivity index (χ4v) is 2.07. The summed E-state index contributed by atoms with van der Waals surface area (Å²) in [5, 5.41) is 11.8. The quantitative estimate of drug-likeness (QED) is 0.709. The molecule has 1 atom stereocenters. The molecule has 0 amide bonds. The minimum atomic E-state index is -3.29. The molecule has 0 aliphatic heterocycles. The predicted molar refractivity (Wildman–Crippen MR) is 74.9 cm³/mol. The third-order valence-electron chi connectivity index (χ3n) is 2.59. The Morgan fingerprint density at radius 2 is 1.74 bits per heavy atom. The number of anilines is 2. The van der Waals surface area contributed by atoms with E-state index in [1.54, 1.807) is 38.1 Å². The molecule has 0 spiro atoms. The molecule has 0 saturated heterocycles. The molecule has 6 nitrogen and oxygen atoms in total. The number of sulfonamides is 1. The fourth-order valence-electron chi connectivity index (χ4n) is 1.43. The van der Waals surface area contributed by atoms with Crippen LogP contribution < -0.4 is 10.0 Å². The average molecular weight is 286 g/mol. The van der Waals surface area contributed by atoms with Gasteiger partial charge in [0.05, 0.1) is 5.75 Å². The van der Waals surface area contributed by atoms with Crippen molar-refractivity contribution in [2.45, 2.75) is 26.3 Å². The second-order valence-electron chi connectivity index (χ2n) is 4.03. The topological polar surface area (TPSA) is 95.5 Å². The summed E-state index contributed by atoms with van der Waals surface area (Å²) in [5.41, 5.74) is 1.09. The van der Waals surface area contributed by atoms with Gasteiger partial charge in [-0.05, 0) is 37.6 Å². The van der Waals surface area contributed by atoms with Gasteiger partial charge in [-0.15, -0.1) is 0 Å². The van der Waals surface area contributed by atoms with E-state index in [0.717, 1.165) is 0 Å². The van der Waals surface area contributed by atoms with E-state index < -0.39 is 22.0 Å². The molecule has 0 fully saturated rings. The van der Waals surface area contributed by atoms with Crippen LogP contribution >= 0.6 is 0 Å². The van der Waals surface area contributed by atoms with E-state index >= 15 is 0 Å². The Morgan fingerprint density at radius 3 is 2.16 bits per heavy atom. The monoisotopic (exact) mass is 286 g/mol. The van der Waals surface area contributed by atoms with Crippen LogP contribution in [-0.2, 0) is 14.8 Å². The molecule has 0 heterocycles. The van der Waals surface area contributed by atoms with Crippen molar-refractivity contribution in [2.75, 3.05) is 15.8 Å². The molecule has 1 rings (SSSR count). The number of carboxylic acids is 1. The normalized spacial score (nSPS) is 12.7. The summed E-state index contributed by atoms with van der Waals surface area (Å²) in [6, 6.07) is 5.80. The molecule has 0 aliphatic rings. The van der Waals surface area contributed by atoms with E-state index in [4.69, 9.17) is 5.11 Å². The fraction of sp³-hybridized carbons (Fsp3) is 0.417. The van der Waals surface area contributed by atoms with Crippen LogP contribution in [0, 0.1) is 0 Å². The summed E-state index contributed by atoms with van der Waals surface area (Å²) in [6.07, 6.45) is 0.458. The van der Waals surface area contributed by atoms with E-state index in [1.807, 2.05) is 0 Å². The molecule has 0 radical (unpaired) electrons. The van der Waals surface area contributed by atoms with E-state index in [1.165, 1.54) is 0 Å². The number of rotatable bonds is 7. The summed E-state index contributed by atoms with van der Waals surface area (Å²) in [7, 11) is -3.29. The molecule has 7 heteroatoms. The second-order valence-corrected chi connectivity index (χ2v) is 6.04. The van der Waals surface area contributed by atoms with E-state index in [-0.39, 0.29) is 5.75 Å². The summed E-state index contributed by atoms with van der Waals surface area (Å²) in [4.78, 5) is 10.9. The molecule has 0 bridgehead atoms. The van der Waals surface area contributed by atoms with Crippen LogP contribution in [0.1, 0.15) is 20.3 Å². The van der Waals surface area contributed by atoms with Crippen LogP contribution in [0.3, 0.4) is 0 Å². The lowest BCUT2D eigenvalue weighted by Gasteiger charge is -2.14. The maximum absolute atomic E-state index is 11.4. The number of hydrogen-bond donors (Lipinski definition) is 3. The third-order valence-corrected chi connectivity index (χ3v) is 3.89. The Bertz CT molecular complexity index is 525. The number of aliphatic carboxylic acids is 1. The molecular formula is C12H18N2O4S. The van der Waals surface area contributed by atoms with Crippen LogP contribution in [0.25, 0.3) is 0 Å². The van der Waals surface area contributed by atoms with Gasteiger partial charge in [-0.3, -0.25) is 4.72 Å². The van der Waals surface area contributed by atoms with Crippen molar-refractivity contribution in [3.05, 3.63) is 24.3 Å². The summed E-state index contributed by atoms with van der Waals surface area (Å²) in [6.45, 7) is 3.33. The van der Waals surface area contributed by atoms with E-state index in [2.05, 4.69) is 10.0 Å². The van der Waals surface area contributed by atoms with Crippen molar-refractivity contribution in [1.82, 2.24) is 0 Å². The lowest BCUT2D eigenvalue weighted by molar-refractivity contribution is -0.137. The number of nitrogens with one attached hydrogen (secondary N) is 2. The highest BCUT2D eigenvalue weighted by molar-refractivity contribution is 7.92. The van der Waals surface area contributed by atoms with Gasteiger partial charge in [0.1, 0.15) is 6.04 Å². The Kier molecular flexibility index (Phi) is 5.17. The Labute approximate surface area is 112 Å². The maximum Gasteiger partial charge on any atom is 0.326 e. The molecular weight excluding hydrogens is 268 g/mol. The lowest BCUT2D eigenvalue weighted by Crippen LogP contribution is -2.28. The molecule has 19 heavy (non-hydrogen) atoms. The van der Waals surface area contributed by atoms with Crippen molar-refractivity contribution >= 4 is 27.4 Å². The van der Waals surface area contributed by atoms with Gasteiger partial charge in [-0.1, -0.05) is 6.92 Å². The SMILES string of the molecule is CCC(Nc1ccc(NS(=O)(=O)CC)cc1)C(=O)O. The first-order chi connectivity index (χ1) is 8.88. The Hall–Kier alpha value is -1.76. The zero-order chi connectivity index (χ0) is 14.5. The standard InChI is InChI=1S/C12H18N2O4S/c1-3-11(12(15)16)13-9-5-7-10(8-6-9)14-19(17,18)4-2/h5-8,11,13-14H,3-4H2,1-2H3,(H,15,16). The maximum atomic E-state index is 11.4. The van der Waals surface area contributed by atoms with Crippen molar-refractivity contribution in [2.24, 2.45) is 0 Å². The van der Waals surface area contributed by atoms with Crippen LogP contribution in [0.4, 0.5) is 11.4 Å². The highest BCUT2D eigenvalue weighted by Crippen LogP contribution is 2.16. The number of carboxylic acid groups (broad SMARTS) is 1. The Balaban J connectivity index is 2.74. The zero-order valence-corrected chi connectivity index (χ0v) is 11.7. The van der Waals surface area contributed by atoms with Gasteiger partial charge in [0, 0.05) is 11.4 Å². The first kappa shape index (κ1) is 15.3. The first-order valence-corrected chi connectivity index (χ1v) is 7.63. The lowest BCUT2D eigenvalue weighted by atomic mass is 10.2. The molecule has 3 N–H and O–H groups in total. The molecule has 0 aromatic heterocycles. The zero-order valence-electron chi connectivity index (χ0n) is 10.9. The minimum Gasteiger partial charge on any atom is -0.480 e. The first-order valence-electron chi connectivity index (χ1n) is 5.98. The highest BCUT2D eigenvalue weighted by Gasteiger charge is 2.14. The van der Waals surface area contributed by atoms with Crippen LogP contribution in [0.5, 0.6) is 0 Å². The van der Waals surface area contributed by atoms with Crippen LogP contribution in [0.15, 0.2) is 24.3 Å². The van der Waals surface area contributed by atoms with E-state index in [9.17, 15) is 13.2 Å². The Morgan fingerprint density at radius 1 is 1.21 bits per heavy atom. The van der Waals surface area contributed by atoms with Crippen LogP contribution in [0.2, 0.25) is 0 Å². The molecule has 1 aromatic rings. The van der Waals surface area contributed by atoms with Gasteiger partial charge in [0.15, 0.2) is 0 Å². The van der Waals surface area contributed by atoms with Gasteiger partial charge in [-0.25, -0.2) is 13.2 Å². The molecule has 106 valence electrons. The van der Waals surface area contributed by atoms with Crippen molar-refractivity contribution in [3.8, 4) is 0 Å². The number of hydrogen-bond acceptors (Lipinski definition) is 4. The van der Waals surface area contributed by atoms with Crippen LogP contribution in [-0.4, -0.2) is 31.3 Å². The van der Waals surface area contributed by atoms with Gasteiger partial charge in [-0.2, -0.15) is 0 Å². The van der Waals surface area contributed by atoms with Gasteiger partial charge < -0.3 is 10.4 Å². The van der Waals surface area contributed by atoms with Crippen molar-refractivity contribution in [3.63, 3.8) is 0 Å². The summed E-state index contributed by atoms with van der Waals surface area (Å²) < 4.78 is 25.1. The van der Waals surface area contributed by atoms with Gasteiger partial charge >= 0.3 is 5.97 Å². The van der Waals surface area contributed by atoms with Gasteiger partial charge in [0.2, 0.25) is 10.0 Å². The molecule has 0 saturated carbocycles. The largest absolute Gasteiger partial charge is 0.480 e. The minimum absolute atomic E-state index is 0.00389. The van der Waals surface area contributed by atoms with E-state index in [0.29, 0.717) is 17.8 Å². The number of carbonyl (C=O) groups is 1. The molecule has 0 aliphatic carbocycles. The molecule has 1 unspecified atom stereocenters. The van der Waals surface area contributed by atoms with Crippen molar-refractivity contribution < 1.29 is 18.3 Å². The molecule has 1 aromatic carbocycles. The predicted octanol–water partition coefficient (Wildman–Crippen LogP) is 1.72. The highest BCUT2D eigenvalue weighted by atomic mass is 32.2. The third kappa shape index (κ3) is 4.78. The summed E-state index contributed by atoms with van der Waals surface area (Å²) >= 11 is 0. The number of benzene rings is 1. The summed E-state index contributed by atoms with van der Waals surface area (Å²) in [5.74, 6) is -0.914. The smallest absolute Gasteiger partial charge is 0.326 e. The average Bonchev–Trinajstić information content (AvgIpc) is 2.37. The van der Waals surface area contributed by atoms with Gasteiger partial charge in [0.25, 0.3) is 0 Å².